The normalized spacial score (nSPS) is 19.4. The van der Waals surface area contributed by atoms with Crippen molar-refractivity contribution < 1.29 is 9.18 Å². The Kier molecular flexibility index (Phi) is 6.76. The average molecular weight is 568 g/mol. The molecule has 1 aliphatic heterocycles. The summed E-state index contributed by atoms with van der Waals surface area (Å²) in [6.45, 7) is 5.29. The van der Waals surface area contributed by atoms with Crippen molar-refractivity contribution in [2.24, 2.45) is 5.92 Å². The van der Waals surface area contributed by atoms with Gasteiger partial charge >= 0.3 is 0 Å². The monoisotopic (exact) mass is 567 g/mol. The predicted molar refractivity (Wildman–Crippen MR) is 163 cm³/mol. The molecule has 8 heteroatoms. The van der Waals surface area contributed by atoms with Crippen LogP contribution in [0.2, 0.25) is 0 Å². The number of carbonyl (C=O) groups is 1. The molecule has 1 atom stereocenters. The van der Waals surface area contributed by atoms with Crippen molar-refractivity contribution in [3.8, 4) is 16.9 Å². The number of pyridine rings is 2. The summed E-state index contributed by atoms with van der Waals surface area (Å²) in [4.78, 5) is 39.6. The molecule has 1 N–H and O–H groups in total. The molecule has 0 bridgehead atoms. The molecule has 42 heavy (non-hydrogen) atoms. The molecule has 0 radical (unpaired) electrons. The van der Waals surface area contributed by atoms with Crippen LogP contribution in [0.5, 0.6) is 0 Å². The van der Waals surface area contributed by atoms with Crippen LogP contribution in [0.3, 0.4) is 0 Å². The number of halogens is 1. The second-order valence-corrected chi connectivity index (χ2v) is 12.9. The van der Waals surface area contributed by atoms with E-state index in [1.165, 1.54) is 35.4 Å². The highest BCUT2D eigenvalue weighted by atomic mass is 19.1. The van der Waals surface area contributed by atoms with Gasteiger partial charge in [0, 0.05) is 56.1 Å². The van der Waals surface area contributed by atoms with Gasteiger partial charge < -0.3 is 9.88 Å². The van der Waals surface area contributed by atoms with Gasteiger partial charge in [0.05, 0.1) is 5.56 Å². The first-order valence-electron chi connectivity index (χ1n) is 15.3. The first-order valence-corrected chi connectivity index (χ1v) is 15.3. The molecule has 0 spiro atoms. The lowest BCUT2D eigenvalue weighted by atomic mass is 9.98. The van der Waals surface area contributed by atoms with Gasteiger partial charge in [-0.1, -0.05) is 13.0 Å². The molecule has 3 aromatic heterocycles. The number of carbonyl (C=O) groups excluding carboxylic acids is 1. The van der Waals surface area contributed by atoms with Gasteiger partial charge in [-0.05, 0) is 104 Å². The summed E-state index contributed by atoms with van der Waals surface area (Å²) in [7, 11) is 3.32. The molecule has 3 fully saturated rings. The molecule has 2 saturated carbocycles. The fraction of sp³-hybridized carbons (Fsp3) is 0.441. The third-order valence-corrected chi connectivity index (χ3v) is 9.04. The van der Waals surface area contributed by atoms with Gasteiger partial charge in [-0.2, -0.15) is 0 Å². The first-order chi connectivity index (χ1) is 20.2. The zero-order chi connectivity index (χ0) is 29.1. The Morgan fingerprint density at radius 1 is 1.07 bits per heavy atom. The van der Waals surface area contributed by atoms with E-state index in [2.05, 4.69) is 22.9 Å². The fourth-order valence-electron chi connectivity index (χ4n) is 6.53. The van der Waals surface area contributed by atoms with Gasteiger partial charge in [-0.25, -0.2) is 9.37 Å². The molecule has 7 nitrogen and oxygen atoms in total. The second kappa shape index (κ2) is 10.5. The van der Waals surface area contributed by atoms with Gasteiger partial charge in [0.2, 0.25) is 0 Å². The Bertz CT molecular complexity index is 1750. The molecule has 218 valence electrons. The van der Waals surface area contributed by atoms with E-state index in [4.69, 9.17) is 4.98 Å². The zero-order valence-corrected chi connectivity index (χ0v) is 24.6. The molecule has 4 heterocycles. The maximum atomic E-state index is 14.3. The van der Waals surface area contributed by atoms with E-state index in [0.29, 0.717) is 40.2 Å². The number of nitrogens with one attached hydrogen (secondary N) is 1. The van der Waals surface area contributed by atoms with E-state index in [9.17, 15) is 14.0 Å². The highest BCUT2D eigenvalue weighted by Crippen LogP contribution is 2.44. The SMILES string of the molecule is C[C@H]1CCCN(Cc2cc3c(C4CC4)cn(-c4cc(-c5ccc(F)cc5C(=O)N(C)C)cc(C5CC5)n4)c(=O)c3[nH]2)C1. The number of piperidine rings is 1. The van der Waals surface area contributed by atoms with Crippen molar-refractivity contribution >= 4 is 16.8 Å². The molecule has 4 aromatic rings. The summed E-state index contributed by atoms with van der Waals surface area (Å²) in [5.74, 6) is 1.26. The number of aromatic amines is 1. The van der Waals surface area contributed by atoms with Crippen molar-refractivity contribution in [2.75, 3.05) is 27.2 Å². The largest absolute Gasteiger partial charge is 0.353 e. The molecule has 1 amide bonds. The van der Waals surface area contributed by atoms with Gasteiger partial charge in [0.15, 0.2) is 0 Å². The lowest BCUT2D eigenvalue weighted by molar-refractivity contribution is 0.0828. The molecular weight excluding hydrogens is 529 g/mol. The van der Waals surface area contributed by atoms with Gasteiger partial charge in [-0.15, -0.1) is 0 Å². The maximum Gasteiger partial charge on any atom is 0.280 e. The minimum absolute atomic E-state index is 0.122. The van der Waals surface area contributed by atoms with E-state index < -0.39 is 5.82 Å². The quantitative estimate of drug-likeness (QED) is 0.288. The van der Waals surface area contributed by atoms with Crippen LogP contribution in [-0.4, -0.2) is 57.4 Å². The minimum atomic E-state index is -0.460. The van der Waals surface area contributed by atoms with Crippen LogP contribution in [0.15, 0.2) is 47.4 Å². The molecule has 0 unspecified atom stereocenters. The number of amides is 1. The van der Waals surface area contributed by atoms with Crippen LogP contribution in [0.1, 0.15) is 84.6 Å². The molecule has 7 rings (SSSR count). The van der Waals surface area contributed by atoms with Crippen LogP contribution in [0, 0.1) is 11.7 Å². The second-order valence-electron chi connectivity index (χ2n) is 12.9. The van der Waals surface area contributed by atoms with Crippen LogP contribution in [0.4, 0.5) is 4.39 Å². The Morgan fingerprint density at radius 3 is 2.57 bits per heavy atom. The van der Waals surface area contributed by atoms with Gasteiger partial charge in [0.1, 0.15) is 17.2 Å². The number of benzene rings is 1. The lowest BCUT2D eigenvalue weighted by Crippen LogP contribution is -2.33. The third kappa shape index (κ3) is 5.17. The number of likely N-dealkylation sites (tertiary alicyclic amines) is 1. The minimum Gasteiger partial charge on any atom is -0.353 e. The number of aromatic nitrogens is 3. The van der Waals surface area contributed by atoms with Gasteiger partial charge in [0.25, 0.3) is 11.5 Å². The standard InChI is InChI=1S/C34H38FN5O2/c1-20-5-4-12-39(17-20)18-25-16-27-29(21-6-7-21)19-40(34(42)32(27)36-25)31-14-23(13-30(37-31)22-8-9-22)26-11-10-24(35)15-28(26)33(41)38(2)3/h10-11,13-16,19-22,36H,4-9,12,17-18H2,1-3H3/t20-/m0/s1. The van der Waals surface area contributed by atoms with Crippen LogP contribution >= 0.6 is 0 Å². The average Bonchev–Trinajstić information content (AvgIpc) is 3.90. The highest BCUT2D eigenvalue weighted by molar-refractivity contribution is 6.00. The molecule has 1 saturated heterocycles. The number of H-pyrrole nitrogens is 1. The van der Waals surface area contributed by atoms with E-state index >= 15 is 0 Å². The number of fused-ring (bicyclic) bond motifs is 1. The topological polar surface area (TPSA) is 74.2 Å². The number of hydrogen-bond donors (Lipinski definition) is 1. The summed E-state index contributed by atoms with van der Waals surface area (Å²) in [6, 6.07) is 10.4. The van der Waals surface area contributed by atoms with E-state index in [0.717, 1.165) is 67.7 Å². The Hall–Kier alpha value is -3.78. The predicted octanol–water partition coefficient (Wildman–Crippen LogP) is 6.21. The highest BCUT2D eigenvalue weighted by Gasteiger charge is 2.30. The lowest BCUT2D eigenvalue weighted by Gasteiger charge is -2.30. The van der Waals surface area contributed by atoms with Crippen molar-refractivity contribution in [1.82, 2.24) is 24.3 Å². The smallest absolute Gasteiger partial charge is 0.280 e. The Morgan fingerprint density at radius 2 is 1.86 bits per heavy atom. The van der Waals surface area contributed by atoms with Crippen molar-refractivity contribution in [1.29, 1.82) is 0 Å². The van der Waals surface area contributed by atoms with Crippen LogP contribution in [0.25, 0.3) is 27.8 Å². The van der Waals surface area contributed by atoms with Crippen LogP contribution in [-0.2, 0) is 6.54 Å². The van der Waals surface area contributed by atoms with Crippen LogP contribution < -0.4 is 5.56 Å². The number of rotatable bonds is 7. The molecule has 3 aliphatic rings. The first kappa shape index (κ1) is 27.1. The fourth-order valence-corrected chi connectivity index (χ4v) is 6.53. The molecule has 2 aliphatic carbocycles. The molecular formula is C34H38FN5O2. The summed E-state index contributed by atoms with van der Waals surface area (Å²) >= 11 is 0. The van der Waals surface area contributed by atoms with E-state index in [1.807, 2.05) is 18.3 Å². The van der Waals surface area contributed by atoms with Gasteiger partial charge in [-0.3, -0.25) is 19.1 Å². The van der Waals surface area contributed by atoms with E-state index in [1.54, 1.807) is 24.7 Å². The van der Waals surface area contributed by atoms with Crippen molar-refractivity contribution in [3.63, 3.8) is 0 Å². The Labute approximate surface area is 245 Å². The summed E-state index contributed by atoms with van der Waals surface area (Å²) < 4.78 is 16.0. The molecule has 1 aromatic carbocycles. The number of nitrogens with zero attached hydrogens (tertiary/aromatic N) is 4. The zero-order valence-electron chi connectivity index (χ0n) is 24.6. The summed E-state index contributed by atoms with van der Waals surface area (Å²) in [5.41, 5.74) is 5.36. The number of hydrogen-bond acceptors (Lipinski definition) is 4. The Balaban J connectivity index is 1.36. The van der Waals surface area contributed by atoms with Crippen molar-refractivity contribution in [2.45, 2.75) is 63.8 Å². The summed E-state index contributed by atoms with van der Waals surface area (Å²) in [5, 5.41) is 1.02. The summed E-state index contributed by atoms with van der Waals surface area (Å²) in [6.07, 6.45) is 8.79. The van der Waals surface area contributed by atoms with Crippen molar-refractivity contribution in [3.05, 3.63) is 81.3 Å². The third-order valence-electron chi connectivity index (χ3n) is 9.04. The maximum absolute atomic E-state index is 14.3. The van der Waals surface area contributed by atoms with E-state index in [-0.39, 0.29) is 11.5 Å².